The van der Waals surface area contributed by atoms with Gasteiger partial charge in [0.15, 0.2) is 17.3 Å². The Labute approximate surface area is 229 Å². The van der Waals surface area contributed by atoms with Crippen molar-refractivity contribution in [2.75, 3.05) is 25.1 Å². The van der Waals surface area contributed by atoms with Crippen LogP contribution in [0.2, 0.25) is 10.0 Å². The fraction of sp³-hybridized carbons (Fsp3) is 0.370. The maximum Gasteiger partial charge on any atom is 0.410 e. The van der Waals surface area contributed by atoms with Gasteiger partial charge in [0.25, 0.3) is 0 Å². The highest BCUT2D eigenvalue weighted by Gasteiger charge is 2.31. The molecule has 3 aromatic rings. The van der Waals surface area contributed by atoms with Gasteiger partial charge in [-0.25, -0.2) is 19.2 Å². The molecule has 5 rings (SSSR count). The molecule has 1 saturated heterocycles. The molecule has 2 aliphatic rings. The minimum Gasteiger partial charge on any atom is -0.493 e. The number of hydrogen-bond donors (Lipinski definition) is 0. The van der Waals surface area contributed by atoms with E-state index in [1.54, 1.807) is 35.2 Å². The number of carbonyl (C=O) groups is 1. The number of halogens is 3. The van der Waals surface area contributed by atoms with E-state index in [0.29, 0.717) is 54.2 Å². The van der Waals surface area contributed by atoms with Crippen LogP contribution in [0, 0.1) is 5.82 Å². The number of anilines is 2. The Hall–Kier alpha value is -3.30. The number of carbonyl (C=O) groups excluding carboxylic acids is 1. The first-order chi connectivity index (χ1) is 18.1. The van der Waals surface area contributed by atoms with Crippen LogP contribution in [0.4, 0.5) is 20.7 Å². The average molecular weight is 561 g/mol. The molecule has 0 aliphatic carbocycles. The summed E-state index contributed by atoms with van der Waals surface area (Å²) in [5.41, 5.74) is 0.991. The molecule has 11 heteroatoms. The van der Waals surface area contributed by atoms with Crippen molar-refractivity contribution in [1.29, 1.82) is 0 Å². The number of methoxy groups -OCH3 is 1. The van der Waals surface area contributed by atoms with Crippen LogP contribution in [0.3, 0.4) is 0 Å². The zero-order chi connectivity index (χ0) is 27.2. The first kappa shape index (κ1) is 26.3. The third kappa shape index (κ3) is 4.92. The predicted molar refractivity (Wildman–Crippen MR) is 145 cm³/mol. The summed E-state index contributed by atoms with van der Waals surface area (Å²) >= 11 is 12.1. The Balaban J connectivity index is 1.46. The van der Waals surface area contributed by atoms with Crippen molar-refractivity contribution in [3.8, 4) is 11.5 Å². The van der Waals surface area contributed by atoms with Crippen LogP contribution < -0.4 is 14.4 Å². The molecule has 0 radical (unpaired) electrons. The summed E-state index contributed by atoms with van der Waals surface area (Å²) < 4.78 is 32.7. The smallest absolute Gasteiger partial charge is 0.410 e. The van der Waals surface area contributed by atoms with Crippen molar-refractivity contribution in [1.82, 2.24) is 14.9 Å². The van der Waals surface area contributed by atoms with Crippen molar-refractivity contribution in [2.24, 2.45) is 0 Å². The summed E-state index contributed by atoms with van der Waals surface area (Å²) in [6.45, 7) is 6.57. The second kappa shape index (κ2) is 10.1. The molecule has 0 bridgehead atoms. The van der Waals surface area contributed by atoms with Gasteiger partial charge in [-0.2, -0.15) is 0 Å². The molecule has 2 aromatic carbocycles. The molecule has 0 atom stereocenters. The number of nitrogens with zero attached hydrogens (tertiary/aromatic N) is 4. The Kier molecular flexibility index (Phi) is 7.00. The van der Waals surface area contributed by atoms with E-state index in [2.05, 4.69) is 9.97 Å². The minimum atomic E-state index is -0.652. The molecule has 0 spiro atoms. The van der Waals surface area contributed by atoms with Crippen LogP contribution in [0.15, 0.2) is 30.7 Å². The second-order valence-electron chi connectivity index (χ2n) is 10.1. The molecule has 200 valence electrons. The van der Waals surface area contributed by atoms with Gasteiger partial charge in [0.2, 0.25) is 0 Å². The third-order valence-corrected chi connectivity index (χ3v) is 7.13. The third-order valence-electron chi connectivity index (χ3n) is 6.35. The number of benzene rings is 2. The molecular weight excluding hydrogens is 534 g/mol. The zero-order valence-electron chi connectivity index (χ0n) is 21.4. The van der Waals surface area contributed by atoms with Gasteiger partial charge in [0.05, 0.1) is 33.7 Å². The molecule has 0 N–H and O–H groups in total. The molecule has 1 amide bonds. The van der Waals surface area contributed by atoms with Crippen molar-refractivity contribution >= 4 is 57.8 Å². The van der Waals surface area contributed by atoms with Gasteiger partial charge >= 0.3 is 6.09 Å². The Morgan fingerprint density at radius 3 is 2.58 bits per heavy atom. The van der Waals surface area contributed by atoms with E-state index in [-0.39, 0.29) is 27.9 Å². The molecule has 2 aliphatic heterocycles. The van der Waals surface area contributed by atoms with Crippen LogP contribution in [0.25, 0.3) is 17.0 Å². The molecule has 1 aromatic heterocycles. The number of hydrogen-bond acceptors (Lipinski definition) is 7. The lowest BCUT2D eigenvalue weighted by atomic mass is 10.0. The average Bonchev–Trinajstić information content (AvgIpc) is 2.88. The first-order valence-corrected chi connectivity index (χ1v) is 12.9. The standard InChI is InChI=1S/C27H27Cl2FN4O4/c1-27(2,3)38-26(35)33-10-7-15(8-11-33)37-24-16-9-12-34(19-6-5-17(28)22(29)23(19)30)25-21(16)18(31-14-32-25)13-20(24)36-4/h5-6,9,12-15H,7-8,10-11H2,1-4H3. The van der Waals surface area contributed by atoms with Crippen LogP contribution >= 0.6 is 23.2 Å². The topological polar surface area (TPSA) is 77.0 Å². The summed E-state index contributed by atoms with van der Waals surface area (Å²) in [5.74, 6) is 0.876. The number of ether oxygens (including phenoxy) is 3. The van der Waals surface area contributed by atoms with Crippen molar-refractivity contribution in [2.45, 2.75) is 45.3 Å². The van der Waals surface area contributed by atoms with Crippen LogP contribution in [0.5, 0.6) is 11.5 Å². The van der Waals surface area contributed by atoms with Gasteiger partial charge in [-0.3, -0.25) is 4.90 Å². The molecule has 3 heterocycles. The summed E-state index contributed by atoms with van der Waals surface area (Å²) in [7, 11) is 1.57. The monoisotopic (exact) mass is 560 g/mol. The van der Waals surface area contributed by atoms with E-state index in [0.717, 1.165) is 5.56 Å². The van der Waals surface area contributed by atoms with E-state index in [1.807, 2.05) is 26.8 Å². The number of piperidine rings is 1. The highest BCUT2D eigenvalue weighted by Crippen LogP contribution is 2.46. The van der Waals surface area contributed by atoms with Gasteiger partial charge < -0.3 is 19.1 Å². The predicted octanol–water partition coefficient (Wildman–Crippen LogP) is 6.99. The van der Waals surface area contributed by atoms with E-state index in [9.17, 15) is 4.79 Å². The van der Waals surface area contributed by atoms with Crippen LogP contribution in [-0.4, -0.2) is 52.9 Å². The molecule has 38 heavy (non-hydrogen) atoms. The van der Waals surface area contributed by atoms with Gasteiger partial charge in [-0.1, -0.05) is 23.2 Å². The number of amides is 1. The largest absolute Gasteiger partial charge is 0.493 e. The lowest BCUT2D eigenvalue weighted by Crippen LogP contribution is -2.44. The molecule has 0 unspecified atom stereocenters. The fourth-order valence-corrected chi connectivity index (χ4v) is 4.88. The van der Waals surface area contributed by atoms with Crippen molar-refractivity contribution < 1.29 is 23.4 Å². The summed E-state index contributed by atoms with van der Waals surface area (Å²) in [5, 5.41) is 0.646. The molecular formula is C27H27Cl2FN4O4. The Bertz CT molecular complexity index is 1440. The van der Waals surface area contributed by atoms with E-state index < -0.39 is 11.4 Å². The molecule has 1 fully saturated rings. The number of rotatable bonds is 4. The number of likely N-dealkylation sites (tertiary alicyclic amines) is 1. The normalized spacial score (nSPS) is 15.7. The molecule has 0 saturated carbocycles. The minimum absolute atomic E-state index is 0.125. The Morgan fingerprint density at radius 2 is 1.89 bits per heavy atom. The van der Waals surface area contributed by atoms with Crippen molar-refractivity contribution in [3.05, 3.63) is 52.2 Å². The van der Waals surface area contributed by atoms with Gasteiger partial charge in [-0.05, 0) is 39.0 Å². The van der Waals surface area contributed by atoms with Gasteiger partial charge in [0.1, 0.15) is 23.9 Å². The summed E-state index contributed by atoms with van der Waals surface area (Å²) in [6.07, 6.45) is 5.70. The van der Waals surface area contributed by atoms with Gasteiger partial charge in [-0.15, -0.1) is 0 Å². The van der Waals surface area contributed by atoms with E-state index in [1.165, 1.54) is 12.4 Å². The molecule has 8 nitrogen and oxygen atoms in total. The lowest BCUT2D eigenvalue weighted by molar-refractivity contribution is 0.0124. The quantitative estimate of drug-likeness (QED) is 0.318. The highest BCUT2D eigenvalue weighted by atomic mass is 35.5. The van der Waals surface area contributed by atoms with Crippen molar-refractivity contribution in [3.63, 3.8) is 0 Å². The first-order valence-electron chi connectivity index (χ1n) is 12.2. The fourth-order valence-electron chi connectivity index (χ4n) is 4.57. The Morgan fingerprint density at radius 1 is 1.16 bits per heavy atom. The maximum atomic E-state index is 15.1. The van der Waals surface area contributed by atoms with Crippen LogP contribution in [-0.2, 0) is 4.74 Å². The van der Waals surface area contributed by atoms with E-state index in [4.69, 9.17) is 37.4 Å². The van der Waals surface area contributed by atoms with Crippen LogP contribution in [0.1, 0.15) is 39.2 Å². The number of aromatic nitrogens is 2. The highest BCUT2D eigenvalue weighted by molar-refractivity contribution is 6.42. The zero-order valence-corrected chi connectivity index (χ0v) is 22.9. The SMILES string of the molecule is COc1cc2ncnc3c2c(c1OC1CCN(C(=O)OC(C)(C)C)CC1)C=CN3c1ccc(Cl)c(Cl)c1F. The maximum absolute atomic E-state index is 15.1. The summed E-state index contributed by atoms with van der Waals surface area (Å²) in [4.78, 5) is 24.6. The summed E-state index contributed by atoms with van der Waals surface area (Å²) in [6, 6.07) is 4.86. The lowest BCUT2D eigenvalue weighted by Gasteiger charge is -2.34. The van der Waals surface area contributed by atoms with Gasteiger partial charge in [0, 0.05) is 43.8 Å². The second-order valence-corrected chi connectivity index (χ2v) is 10.9. The van der Waals surface area contributed by atoms with E-state index >= 15 is 4.39 Å².